The van der Waals surface area contributed by atoms with Gasteiger partial charge in [-0.15, -0.1) is 0 Å². The summed E-state index contributed by atoms with van der Waals surface area (Å²) in [5.41, 5.74) is 15.3. The lowest BCUT2D eigenvalue weighted by Crippen LogP contribution is -2.61. The van der Waals surface area contributed by atoms with Crippen LogP contribution < -0.4 is 21.4 Å². The average molecular weight is 509 g/mol. The van der Waals surface area contributed by atoms with Crippen molar-refractivity contribution in [1.29, 1.82) is 0 Å². The van der Waals surface area contributed by atoms with Gasteiger partial charge in [-0.25, -0.2) is 4.59 Å². The molecule has 7 rings (SSSR count). The highest BCUT2D eigenvalue weighted by atomic mass is 15.7. The summed E-state index contributed by atoms with van der Waals surface area (Å²) in [5.74, 6) is 1.30. The third-order valence-electron chi connectivity index (χ3n) is 9.79. The molecule has 0 saturated carbocycles. The van der Waals surface area contributed by atoms with Gasteiger partial charge in [-0.1, -0.05) is 48.5 Å². The Morgan fingerprint density at radius 2 is 1.55 bits per heavy atom. The minimum atomic E-state index is 0.193. The summed E-state index contributed by atoms with van der Waals surface area (Å²) in [6, 6.07) is 22.8. The van der Waals surface area contributed by atoms with Crippen LogP contribution in [0.5, 0.6) is 0 Å². The van der Waals surface area contributed by atoms with Crippen molar-refractivity contribution < 1.29 is 4.59 Å². The van der Waals surface area contributed by atoms with E-state index in [-0.39, 0.29) is 6.04 Å². The fraction of sp³-hybridized carbons (Fsp3) is 0.455. The fourth-order valence-electron chi connectivity index (χ4n) is 7.79. The normalized spacial score (nSPS) is 26.3. The Labute approximate surface area is 227 Å². The Balaban J connectivity index is 1.22. The second-order valence-corrected chi connectivity index (χ2v) is 11.9. The molecule has 3 aromatic rings. The van der Waals surface area contributed by atoms with Crippen LogP contribution in [0.1, 0.15) is 73.2 Å². The molecule has 38 heavy (non-hydrogen) atoms. The van der Waals surface area contributed by atoms with Crippen LogP contribution in [0.15, 0.2) is 60.7 Å². The Morgan fingerprint density at radius 3 is 2.34 bits per heavy atom. The van der Waals surface area contributed by atoms with E-state index in [4.69, 9.17) is 0 Å². The minimum Gasteiger partial charge on any atom is -0.383 e. The zero-order valence-corrected chi connectivity index (χ0v) is 22.7. The number of fused-ring (bicyclic) bond motifs is 5. The molecule has 1 saturated heterocycles. The van der Waals surface area contributed by atoms with Crippen molar-refractivity contribution in [1.82, 2.24) is 5.43 Å². The zero-order valence-electron chi connectivity index (χ0n) is 22.7. The van der Waals surface area contributed by atoms with Crippen LogP contribution in [0.25, 0.3) is 0 Å². The summed E-state index contributed by atoms with van der Waals surface area (Å²) in [4.78, 5) is 0. The minimum absolute atomic E-state index is 0.193. The molecule has 5 nitrogen and oxygen atoms in total. The molecule has 4 heterocycles. The van der Waals surface area contributed by atoms with E-state index in [9.17, 15) is 0 Å². The second kappa shape index (κ2) is 9.94. The summed E-state index contributed by atoms with van der Waals surface area (Å²) in [5, 5.41) is 11.2. The maximum atomic E-state index is 4.29. The van der Waals surface area contributed by atoms with Crippen molar-refractivity contribution in [2.24, 2.45) is 5.92 Å². The highest BCUT2D eigenvalue weighted by molar-refractivity contribution is 5.78. The van der Waals surface area contributed by atoms with Gasteiger partial charge >= 0.3 is 0 Å². The number of nitrogens with zero attached hydrogens (tertiary/aromatic N) is 1. The number of hydrogen-bond acceptors (Lipinski definition) is 4. The van der Waals surface area contributed by atoms with Gasteiger partial charge in [-0.2, -0.15) is 5.43 Å². The van der Waals surface area contributed by atoms with E-state index in [0.29, 0.717) is 11.8 Å². The van der Waals surface area contributed by atoms with Gasteiger partial charge in [0.25, 0.3) is 0 Å². The lowest BCUT2D eigenvalue weighted by molar-refractivity contribution is -0.973. The molecule has 198 valence electrons. The predicted molar refractivity (Wildman–Crippen MR) is 158 cm³/mol. The Kier molecular flexibility index (Phi) is 6.29. The number of anilines is 4. The molecule has 5 heteroatoms. The lowest BCUT2D eigenvalue weighted by atomic mass is 9.77. The highest BCUT2D eigenvalue weighted by Crippen LogP contribution is 2.46. The second-order valence-electron chi connectivity index (χ2n) is 11.9. The van der Waals surface area contributed by atoms with Crippen LogP contribution in [-0.2, 0) is 6.42 Å². The maximum Gasteiger partial charge on any atom is 0.110 e. The molecule has 0 spiro atoms. The Morgan fingerprint density at radius 1 is 0.789 bits per heavy atom. The van der Waals surface area contributed by atoms with E-state index in [2.05, 4.69) is 89.0 Å². The molecule has 3 aromatic carbocycles. The van der Waals surface area contributed by atoms with Gasteiger partial charge in [0.1, 0.15) is 6.04 Å². The topological polar surface area (TPSA) is 48.1 Å². The summed E-state index contributed by atoms with van der Waals surface area (Å²) >= 11 is 0. The smallest absolute Gasteiger partial charge is 0.110 e. The average Bonchev–Trinajstić information content (AvgIpc) is 3.19. The highest BCUT2D eigenvalue weighted by Gasteiger charge is 2.41. The summed E-state index contributed by atoms with van der Waals surface area (Å²) < 4.78 is 0.987. The van der Waals surface area contributed by atoms with Crippen LogP contribution in [0.4, 0.5) is 22.7 Å². The quantitative estimate of drug-likeness (QED) is 0.289. The van der Waals surface area contributed by atoms with Gasteiger partial charge in [-0.3, -0.25) is 0 Å². The molecular formula is C33H42N5+. The monoisotopic (exact) mass is 508 g/mol. The molecule has 0 amide bonds. The van der Waals surface area contributed by atoms with Crippen molar-refractivity contribution in [3.63, 3.8) is 0 Å². The molecular weight excluding hydrogens is 466 g/mol. The number of aryl methyl sites for hydroxylation is 1. The number of para-hydroxylation sites is 2. The standard InChI is InChI=1S/C33H42N5/c1-2-38(37-32-27-12-3-5-14-29(27)36-30-15-6-4-13-28(30)32)21-8-7-10-24(22-38)25-18-20-35-33-26(25)17-16-23-11-9-19-34-31(23)33/h3-6,12-17,24-25,32,34-37H,2,7-11,18-22H2,1H3/q+1. The molecule has 0 aliphatic carbocycles. The number of benzene rings is 3. The van der Waals surface area contributed by atoms with E-state index < -0.39 is 0 Å². The molecule has 4 aliphatic rings. The van der Waals surface area contributed by atoms with Crippen LogP contribution in [0.3, 0.4) is 0 Å². The van der Waals surface area contributed by atoms with Crippen molar-refractivity contribution in [2.75, 3.05) is 48.7 Å². The molecule has 0 bridgehead atoms. The lowest BCUT2D eigenvalue weighted by Gasteiger charge is -2.44. The van der Waals surface area contributed by atoms with Crippen molar-refractivity contribution in [3.8, 4) is 0 Å². The van der Waals surface area contributed by atoms with Crippen molar-refractivity contribution in [3.05, 3.63) is 82.9 Å². The number of likely N-dealkylation sites (tertiary alicyclic amines) is 1. The van der Waals surface area contributed by atoms with E-state index in [1.54, 1.807) is 5.56 Å². The Hall–Kier alpha value is -3.02. The molecule has 4 N–H and O–H groups in total. The summed E-state index contributed by atoms with van der Waals surface area (Å²) in [6.45, 7) is 8.07. The van der Waals surface area contributed by atoms with E-state index in [1.165, 1.54) is 91.1 Å². The first-order chi connectivity index (χ1) is 18.7. The fourth-order valence-corrected chi connectivity index (χ4v) is 7.79. The zero-order chi connectivity index (χ0) is 25.5. The first-order valence-electron chi connectivity index (χ1n) is 15.0. The van der Waals surface area contributed by atoms with Crippen molar-refractivity contribution in [2.45, 2.75) is 57.4 Å². The third kappa shape index (κ3) is 4.17. The molecule has 0 radical (unpaired) electrons. The van der Waals surface area contributed by atoms with Crippen LogP contribution in [0, 0.1) is 5.92 Å². The molecule has 3 unspecified atom stereocenters. The van der Waals surface area contributed by atoms with Crippen LogP contribution in [-0.4, -0.2) is 37.3 Å². The number of quaternary nitrogens is 1. The van der Waals surface area contributed by atoms with Gasteiger partial charge in [0.15, 0.2) is 0 Å². The maximum absolute atomic E-state index is 4.29. The largest absolute Gasteiger partial charge is 0.383 e. The number of rotatable bonds is 4. The first kappa shape index (κ1) is 24.1. The SMILES string of the molecule is CC[N+]1(NC2c3ccccc3Nc3ccccc32)CCCCC(C2CCNc3c2ccc2c3NCCC2)C1. The van der Waals surface area contributed by atoms with Crippen molar-refractivity contribution >= 4 is 22.7 Å². The van der Waals surface area contributed by atoms with Gasteiger partial charge in [0.2, 0.25) is 0 Å². The summed E-state index contributed by atoms with van der Waals surface area (Å²) in [7, 11) is 0. The molecule has 1 fully saturated rings. The van der Waals surface area contributed by atoms with E-state index >= 15 is 0 Å². The van der Waals surface area contributed by atoms with Gasteiger partial charge < -0.3 is 16.0 Å². The van der Waals surface area contributed by atoms with E-state index in [0.717, 1.165) is 24.2 Å². The predicted octanol–water partition coefficient (Wildman–Crippen LogP) is 6.93. The third-order valence-corrected chi connectivity index (χ3v) is 9.79. The number of hydrogen-bond donors (Lipinski definition) is 4. The van der Waals surface area contributed by atoms with Crippen LogP contribution >= 0.6 is 0 Å². The van der Waals surface area contributed by atoms with Gasteiger partial charge in [-0.05, 0) is 74.6 Å². The first-order valence-corrected chi connectivity index (χ1v) is 15.0. The molecule has 4 aliphatic heterocycles. The summed E-state index contributed by atoms with van der Waals surface area (Å²) in [6.07, 6.45) is 7.62. The van der Waals surface area contributed by atoms with E-state index in [1.807, 2.05) is 0 Å². The van der Waals surface area contributed by atoms with Gasteiger partial charge in [0, 0.05) is 41.5 Å². The molecule has 0 aromatic heterocycles. The number of nitrogens with one attached hydrogen (secondary N) is 4. The molecule has 3 atom stereocenters. The van der Waals surface area contributed by atoms with Gasteiger partial charge in [0.05, 0.1) is 31.0 Å². The van der Waals surface area contributed by atoms with Crippen LogP contribution in [0.2, 0.25) is 0 Å². The Bertz CT molecular complexity index is 1270.